The zero-order valence-corrected chi connectivity index (χ0v) is 13.9. The lowest BCUT2D eigenvalue weighted by Gasteiger charge is -2.19. The Balaban J connectivity index is 1.86. The van der Waals surface area contributed by atoms with Gasteiger partial charge in [-0.1, -0.05) is 18.2 Å². The number of para-hydroxylation sites is 1. The van der Waals surface area contributed by atoms with E-state index >= 15 is 0 Å². The zero-order valence-electron chi connectivity index (χ0n) is 13.1. The van der Waals surface area contributed by atoms with Crippen LogP contribution in [0.3, 0.4) is 0 Å². The van der Waals surface area contributed by atoms with Gasteiger partial charge in [-0.05, 0) is 31.2 Å². The van der Waals surface area contributed by atoms with Crippen LogP contribution < -0.4 is 5.43 Å². The molecule has 2 aromatic heterocycles. The first-order chi connectivity index (χ1) is 11.2. The number of benzene rings is 1. The highest BCUT2D eigenvalue weighted by Crippen LogP contribution is 2.18. The van der Waals surface area contributed by atoms with E-state index in [4.69, 9.17) is 4.42 Å². The van der Waals surface area contributed by atoms with Gasteiger partial charge in [0.1, 0.15) is 5.58 Å². The number of nitrogens with zero attached hydrogens (tertiary/aromatic N) is 1. The van der Waals surface area contributed by atoms with Crippen LogP contribution in [0, 0.1) is 6.92 Å². The summed E-state index contributed by atoms with van der Waals surface area (Å²) < 4.78 is 5.61. The Labute approximate surface area is 139 Å². The van der Waals surface area contributed by atoms with Crippen LogP contribution in [0.15, 0.2) is 64.5 Å². The molecule has 4 heteroatoms. The summed E-state index contributed by atoms with van der Waals surface area (Å²) in [5.41, 5.74) is 1.35. The Kier molecular flexibility index (Phi) is 4.74. The van der Waals surface area contributed by atoms with Gasteiger partial charge in [0.05, 0.1) is 11.6 Å². The summed E-state index contributed by atoms with van der Waals surface area (Å²) in [6.07, 6.45) is 3.45. The van der Waals surface area contributed by atoms with Gasteiger partial charge in [0, 0.05) is 35.0 Å². The van der Waals surface area contributed by atoms with Crippen molar-refractivity contribution in [1.29, 1.82) is 0 Å². The smallest absolute Gasteiger partial charge is 0.197 e. The van der Waals surface area contributed by atoms with E-state index in [0.29, 0.717) is 23.1 Å². The molecule has 0 radical (unpaired) electrons. The summed E-state index contributed by atoms with van der Waals surface area (Å²) in [6, 6.07) is 11.6. The number of rotatable bonds is 6. The Hall–Kier alpha value is -2.17. The number of thiophene rings is 1. The fraction of sp³-hybridized carbons (Fsp3) is 0.211. The van der Waals surface area contributed by atoms with Gasteiger partial charge in [0.15, 0.2) is 5.43 Å². The van der Waals surface area contributed by atoms with Crippen LogP contribution in [0.1, 0.15) is 15.3 Å². The lowest BCUT2D eigenvalue weighted by atomic mass is 10.1. The van der Waals surface area contributed by atoms with Gasteiger partial charge in [0.25, 0.3) is 0 Å². The predicted octanol–water partition coefficient (Wildman–Crippen LogP) is 4.35. The van der Waals surface area contributed by atoms with E-state index < -0.39 is 0 Å². The molecule has 0 unspecified atom stereocenters. The second-order valence-corrected chi connectivity index (χ2v) is 6.93. The molecule has 0 aliphatic heterocycles. The van der Waals surface area contributed by atoms with Crippen molar-refractivity contribution in [2.75, 3.05) is 6.54 Å². The molecular formula is C19H19NO2S. The van der Waals surface area contributed by atoms with Crippen molar-refractivity contribution in [3.63, 3.8) is 0 Å². The van der Waals surface area contributed by atoms with Crippen molar-refractivity contribution in [3.8, 4) is 0 Å². The van der Waals surface area contributed by atoms with E-state index in [1.54, 1.807) is 17.6 Å². The van der Waals surface area contributed by atoms with Gasteiger partial charge >= 0.3 is 0 Å². The van der Waals surface area contributed by atoms with E-state index in [-0.39, 0.29) is 5.43 Å². The minimum atomic E-state index is 0.0447. The Bertz CT molecular complexity index is 878. The van der Waals surface area contributed by atoms with Crippen molar-refractivity contribution in [3.05, 3.63) is 80.9 Å². The second kappa shape index (κ2) is 6.94. The Morgan fingerprint density at radius 2 is 2.04 bits per heavy atom. The van der Waals surface area contributed by atoms with Gasteiger partial charge in [-0.3, -0.25) is 9.69 Å². The highest BCUT2D eigenvalue weighted by atomic mass is 32.1. The topological polar surface area (TPSA) is 33.5 Å². The van der Waals surface area contributed by atoms with E-state index in [2.05, 4.69) is 30.5 Å². The average Bonchev–Trinajstić information content (AvgIpc) is 2.95. The highest BCUT2D eigenvalue weighted by Gasteiger charge is 2.12. The van der Waals surface area contributed by atoms with E-state index in [0.717, 1.165) is 13.1 Å². The van der Waals surface area contributed by atoms with Gasteiger partial charge < -0.3 is 4.42 Å². The van der Waals surface area contributed by atoms with E-state index in [9.17, 15) is 4.79 Å². The minimum absolute atomic E-state index is 0.0447. The quantitative estimate of drug-likeness (QED) is 0.632. The first-order valence-electron chi connectivity index (χ1n) is 7.55. The maximum absolute atomic E-state index is 12.6. The van der Waals surface area contributed by atoms with Gasteiger partial charge in [-0.2, -0.15) is 0 Å². The fourth-order valence-corrected chi connectivity index (χ4v) is 3.56. The molecule has 0 aliphatic rings. The molecule has 3 aromatic rings. The van der Waals surface area contributed by atoms with Gasteiger partial charge in [-0.15, -0.1) is 17.9 Å². The molecule has 1 aromatic carbocycles. The molecular weight excluding hydrogens is 306 g/mol. The lowest BCUT2D eigenvalue weighted by molar-refractivity contribution is 0.285. The van der Waals surface area contributed by atoms with Gasteiger partial charge in [-0.25, -0.2) is 0 Å². The number of hydrogen-bond acceptors (Lipinski definition) is 4. The number of aryl methyl sites for hydroxylation is 1. The molecule has 0 spiro atoms. The van der Waals surface area contributed by atoms with Crippen LogP contribution in [0.25, 0.3) is 11.0 Å². The number of hydrogen-bond donors (Lipinski definition) is 0. The first kappa shape index (κ1) is 15.7. The maximum Gasteiger partial charge on any atom is 0.197 e. The largest absolute Gasteiger partial charge is 0.464 e. The van der Waals surface area contributed by atoms with Crippen molar-refractivity contribution in [2.45, 2.75) is 20.0 Å². The summed E-state index contributed by atoms with van der Waals surface area (Å²) in [5, 5.41) is 0.635. The molecule has 0 aliphatic carbocycles. The third kappa shape index (κ3) is 3.60. The molecule has 0 atom stereocenters. The standard InChI is InChI=1S/C19H19NO2S/c1-3-10-20(12-16-9-8-14(2)23-16)11-15-13-22-18-7-5-4-6-17(18)19(15)21/h3-9,13H,1,10-12H2,2H3. The van der Waals surface area contributed by atoms with Crippen LogP contribution in [-0.4, -0.2) is 11.4 Å². The summed E-state index contributed by atoms with van der Waals surface area (Å²) >= 11 is 1.78. The third-order valence-corrected chi connectivity index (χ3v) is 4.69. The fourth-order valence-electron chi connectivity index (χ4n) is 2.63. The third-order valence-electron chi connectivity index (χ3n) is 3.71. The molecule has 2 heterocycles. The van der Waals surface area contributed by atoms with Crippen LogP contribution >= 0.6 is 11.3 Å². The summed E-state index contributed by atoms with van der Waals surface area (Å²) in [4.78, 5) is 17.4. The van der Waals surface area contributed by atoms with Gasteiger partial charge in [0.2, 0.25) is 0 Å². The van der Waals surface area contributed by atoms with E-state index in [1.807, 2.05) is 30.3 Å². The summed E-state index contributed by atoms with van der Waals surface area (Å²) in [5.74, 6) is 0. The second-order valence-electron chi connectivity index (χ2n) is 5.56. The molecule has 0 saturated heterocycles. The molecule has 0 bridgehead atoms. The summed E-state index contributed by atoms with van der Waals surface area (Å²) in [6.45, 7) is 8.00. The average molecular weight is 325 g/mol. The zero-order chi connectivity index (χ0) is 16.2. The first-order valence-corrected chi connectivity index (χ1v) is 8.37. The van der Waals surface area contributed by atoms with Crippen molar-refractivity contribution >= 4 is 22.3 Å². The highest BCUT2D eigenvalue weighted by molar-refractivity contribution is 7.11. The van der Waals surface area contributed by atoms with Crippen LogP contribution in [0.2, 0.25) is 0 Å². The lowest BCUT2D eigenvalue weighted by Crippen LogP contribution is -2.25. The SMILES string of the molecule is C=CCN(Cc1ccc(C)s1)Cc1coc2ccccc2c1=O. The molecule has 118 valence electrons. The summed E-state index contributed by atoms with van der Waals surface area (Å²) in [7, 11) is 0. The molecule has 0 fully saturated rings. The van der Waals surface area contributed by atoms with E-state index in [1.165, 1.54) is 9.75 Å². The molecule has 3 nitrogen and oxygen atoms in total. The molecule has 0 N–H and O–H groups in total. The van der Waals surface area contributed by atoms with Crippen LogP contribution in [0.5, 0.6) is 0 Å². The molecule has 0 saturated carbocycles. The van der Waals surface area contributed by atoms with Crippen molar-refractivity contribution in [1.82, 2.24) is 4.90 Å². The Morgan fingerprint density at radius 3 is 2.78 bits per heavy atom. The van der Waals surface area contributed by atoms with Crippen molar-refractivity contribution in [2.24, 2.45) is 0 Å². The minimum Gasteiger partial charge on any atom is -0.464 e. The Morgan fingerprint density at radius 1 is 1.22 bits per heavy atom. The van der Waals surface area contributed by atoms with Crippen molar-refractivity contribution < 1.29 is 4.42 Å². The molecule has 3 rings (SSSR count). The number of fused-ring (bicyclic) bond motifs is 1. The van der Waals surface area contributed by atoms with Crippen LogP contribution in [-0.2, 0) is 13.1 Å². The maximum atomic E-state index is 12.6. The predicted molar refractivity (Wildman–Crippen MR) is 95.9 cm³/mol. The normalized spacial score (nSPS) is 11.2. The molecule has 0 amide bonds. The monoisotopic (exact) mass is 325 g/mol. The van der Waals surface area contributed by atoms with Crippen LogP contribution in [0.4, 0.5) is 0 Å². The molecule has 23 heavy (non-hydrogen) atoms.